The molecule has 3 nitrogen and oxygen atoms in total. The summed E-state index contributed by atoms with van der Waals surface area (Å²) in [6.07, 6.45) is 1.89. The molecular weight excluding hydrogens is 295 g/mol. The van der Waals surface area contributed by atoms with E-state index < -0.39 is 0 Å². The van der Waals surface area contributed by atoms with Crippen molar-refractivity contribution in [2.75, 3.05) is 11.6 Å². The Labute approximate surface area is 125 Å². The lowest BCUT2D eigenvalue weighted by Gasteiger charge is -2.06. The molecule has 0 aliphatic carbocycles. The highest BCUT2D eigenvalue weighted by molar-refractivity contribution is 7.99. The lowest BCUT2D eigenvalue weighted by Crippen LogP contribution is -2.21. The summed E-state index contributed by atoms with van der Waals surface area (Å²) in [5, 5.41) is 3.27. The third-order valence-electron chi connectivity index (χ3n) is 2.87. The number of carbonyl (C=O) groups is 1. The molecule has 2 rings (SSSR count). The van der Waals surface area contributed by atoms with E-state index >= 15 is 0 Å². The monoisotopic (exact) mass is 310 g/mol. The van der Waals surface area contributed by atoms with Gasteiger partial charge in [0.05, 0.1) is 10.9 Å². The predicted molar refractivity (Wildman–Crippen MR) is 83.9 cm³/mol. The summed E-state index contributed by atoms with van der Waals surface area (Å²) in [6, 6.07) is 6.19. The van der Waals surface area contributed by atoms with Gasteiger partial charge in [0.2, 0.25) is 5.91 Å². The fourth-order valence-electron chi connectivity index (χ4n) is 1.64. The second-order valence-electron chi connectivity index (χ2n) is 4.30. The molecule has 0 saturated heterocycles. The van der Waals surface area contributed by atoms with Crippen molar-refractivity contribution in [2.24, 2.45) is 0 Å². The first-order valence-corrected chi connectivity index (χ1v) is 8.18. The number of amides is 1. The van der Waals surface area contributed by atoms with E-state index in [9.17, 15) is 9.18 Å². The number of hydrogen-bond donors (Lipinski definition) is 1. The normalized spacial score (nSPS) is 12.2. The molecule has 1 aromatic carbocycles. The maximum atomic E-state index is 12.9. The average Bonchev–Trinajstić information content (AvgIpc) is 2.79. The number of nitrogens with zero attached hydrogens (tertiary/aromatic N) is 1. The van der Waals surface area contributed by atoms with Gasteiger partial charge in [-0.3, -0.25) is 4.79 Å². The van der Waals surface area contributed by atoms with Crippen molar-refractivity contribution in [1.82, 2.24) is 4.98 Å². The van der Waals surface area contributed by atoms with Gasteiger partial charge in [0.1, 0.15) is 5.82 Å². The largest absolute Gasteiger partial charge is 0.301 e. The van der Waals surface area contributed by atoms with E-state index in [1.165, 1.54) is 35.2 Å². The Kier molecular flexibility index (Phi) is 4.77. The minimum Gasteiger partial charge on any atom is -0.301 e. The van der Waals surface area contributed by atoms with Crippen LogP contribution in [0.5, 0.6) is 0 Å². The summed E-state index contributed by atoms with van der Waals surface area (Å²) >= 11 is 2.91. The number of hydrogen-bond acceptors (Lipinski definition) is 4. The summed E-state index contributed by atoms with van der Waals surface area (Å²) in [5.74, 6) is -0.333. The van der Waals surface area contributed by atoms with E-state index in [1.807, 2.05) is 20.1 Å². The van der Waals surface area contributed by atoms with Crippen LogP contribution in [-0.4, -0.2) is 22.4 Å². The Hall–Kier alpha value is -1.40. The van der Waals surface area contributed by atoms with Crippen molar-refractivity contribution in [1.29, 1.82) is 0 Å². The Morgan fingerprint density at radius 2 is 2.05 bits per heavy atom. The van der Waals surface area contributed by atoms with Gasteiger partial charge in [0.25, 0.3) is 0 Å². The van der Waals surface area contributed by atoms with Gasteiger partial charge in [0, 0.05) is 10.4 Å². The Morgan fingerprint density at radius 3 is 2.65 bits per heavy atom. The molecule has 106 valence electrons. The zero-order chi connectivity index (χ0) is 14.7. The second-order valence-corrected chi connectivity index (χ2v) is 6.68. The van der Waals surface area contributed by atoms with E-state index in [2.05, 4.69) is 10.3 Å². The number of aromatic nitrogens is 1. The first-order chi connectivity index (χ1) is 9.51. The highest BCUT2D eigenvalue weighted by atomic mass is 32.2. The SMILES string of the molecule is CSC(C)C(=O)Nc1nc(-c2ccc(F)cc2)c(C)s1. The van der Waals surface area contributed by atoms with Crippen molar-refractivity contribution in [2.45, 2.75) is 19.1 Å². The molecule has 0 radical (unpaired) electrons. The quantitative estimate of drug-likeness (QED) is 0.930. The highest BCUT2D eigenvalue weighted by Crippen LogP contribution is 2.30. The maximum absolute atomic E-state index is 12.9. The third kappa shape index (κ3) is 3.37. The van der Waals surface area contributed by atoms with Crippen molar-refractivity contribution in [3.05, 3.63) is 35.0 Å². The van der Waals surface area contributed by atoms with Gasteiger partial charge in [-0.15, -0.1) is 11.3 Å². The third-order valence-corrected chi connectivity index (χ3v) is 4.67. The Balaban J connectivity index is 2.21. The number of aryl methyl sites for hydroxylation is 1. The van der Waals surface area contributed by atoms with E-state index in [4.69, 9.17) is 0 Å². The summed E-state index contributed by atoms with van der Waals surface area (Å²) < 4.78 is 12.9. The van der Waals surface area contributed by atoms with Gasteiger partial charge in [0.15, 0.2) is 5.13 Å². The van der Waals surface area contributed by atoms with Gasteiger partial charge in [-0.25, -0.2) is 9.37 Å². The van der Waals surface area contributed by atoms with Crippen molar-refractivity contribution < 1.29 is 9.18 Å². The number of carbonyl (C=O) groups excluding carboxylic acids is 1. The number of nitrogens with one attached hydrogen (secondary N) is 1. The standard InChI is InChI=1S/C14H15FN2OS2/c1-8-12(10-4-6-11(15)7-5-10)16-14(20-8)17-13(18)9(2)19-3/h4-7,9H,1-3H3,(H,16,17,18). The molecule has 1 N–H and O–H groups in total. The molecule has 1 aromatic heterocycles. The van der Waals surface area contributed by atoms with Gasteiger partial charge < -0.3 is 5.32 Å². The maximum Gasteiger partial charge on any atom is 0.238 e. The predicted octanol–water partition coefficient (Wildman–Crippen LogP) is 3.95. The molecule has 0 saturated carbocycles. The molecular formula is C14H15FN2OS2. The Morgan fingerprint density at radius 1 is 1.40 bits per heavy atom. The first-order valence-electron chi connectivity index (χ1n) is 6.08. The molecule has 1 unspecified atom stereocenters. The Bertz CT molecular complexity index is 610. The van der Waals surface area contributed by atoms with Crippen molar-refractivity contribution in [3.63, 3.8) is 0 Å². The van der Waals surface area contributed by atoms with Crippen LogP contribution in [0.1, 0.15) is 11.8 Å². The molecule has 0 aliphatic rings. The fraction of sp³-hybridized carbons (Fsp3) is 0.286. The van der Waals surface area contributed by atoms with Crippen LogP contribution in [0.25, 0.3) is 11.3 Å². The van der Waals surface area contributed by atoms with Crippen LogP contribution in [0.15, 0.2) is 24.3 Å². The van der Waals surface area contributed by atoms with Crippen LogP contribution < -0.4 is 5.32 Å². The molecule has 1 amide bonds. The number of halogens is 1. The van der Waals surface area contributed by atoms with Crippen LogP contribution >= 0.6 is 23.1 Å². The molecule has 0 fully saturated rings. The first kappa shape index (κ1) is 15.0. The summed E-state index contributed by atoms with van der Waals surface area (Å²) in [5.41, 5.74) is 1.63. The second kappa shape index (κ2) is 6.37. The average molecular weight is 310 g/mol. The zero-order valence-corrected chi connectivity index (χ0v) is 13.1. The van der Waals surface area contributed by atoms with Crippen LogP contribution in [-0.2, 0) is 4.79 Å². The van der Waals surface area contributed by atoms with E-state index in [-0.39, 0.29) is 17.0 Å². The molecule has 0 bridgehead atoms. The van der Waals surface area contributed by atoms with Crippen LogP contribution in [0.4, 0.5) is 9.52 Å². The smallest absolute Gasteiger partial charge is 0.238 e. The summed E-state index contributed by atoms with van der Waals surface area (Å²) in [6.45, 7) is 3.78. The lowest BCUT2D eigenvalue weighted by atomic mass is 10.1. The molecule has 0 spiro atoms. The number of thiazole rings is 1. The molecule has 1 atom stereocenters. The van der Waals surface area contributed by atoms with Crippen LogP contribution in [0, 0.1) is 12.7 Å². The van der Waals surface area contributed by atoms with Gasteiger partial charge in [-0.2, -0.15) is 11.8 Å². The fourth-order valence-corrected chi connectivity index (χ4v) is 2.75. The molecule has 0 aliphatic heterocycles. The van der Waals surface area contributed by atoms with Crippen LogP contribution in [0.2, 0.25) is 0 Å². The zero-order valence-electron chi connectivity index (χ0n) is 11.4. The number of anilines is 1. The topological polar surface area (TPSA) is 42.0 Å². The molecule has 1 heterocycles. The van der Waals surface area contributed by atoms with Crippen molar-refractivity contribution >= 4 is 34.1 Å². The minimum atomic E-state index is -0.274. The van der Waals surface area contributed by atoms with E-state index in [0.29, 0.717) is 5.13 Å². The van der Waals surface area contributed by atoms with Gasteiger partial charge in [-0.05, 0) is 44.4 Å². The lowest BCUT2D eigenvalue weighted by molar-refractivity contribution is -0.115. The van der Waals surface area contributed by atoms with Crippen LogP contribution in [0.3, 0.4) is 0 Å². The molecule has 2 aromatic rings. The van der Waals surface area contributed by atoms with Gasteiger partial charge in [-0.1, -0.05) is 0 Å². The summed E-state index contributed by atoms with van der Waals surface area (Å²) in [7, 11) is 0. The van der Waals surface area contributed by atoms with E-state index in [1.54, 1.807) is 12.1 Å². The molecule has 20 heavy (non-hydrogen) atoms. The number of benzene rings is 1. The number of rotatable bonds is 4. The summed E-state index contributed by atoms with van der Waals surface area (Å²) in [4.78, 5) is 17.2. The minimum absolute atomic E-state index is 0.0584. The van der Waals surface area contributed by atoms with Crippen molar-refractivity contribution in [3.8, 4) is 11.3 Å². The van der Waals surface area contributed by atoms with Gasteiger partial charge >= 0.3 is 0 Å². The highest BCUT2D eigenvalue weighted by Gasteiger charge is 2.15. The van der Waals surface area contributed by atoms with E-state index in [0.717, 1.165) is 16.1 Å². The number of thioether (sulfide) groups is 1. The molecule has 6 heteroatoms.